The number of nitrogens with zero attached hydrogens (tertiary/aromatic N) is 1. The molecule has 4 rings (SSSR count). The van der Waals surface area contributed by atoms with Gasteiger partial charge in [-0.15, -0.1) is 0 Å². The molecular weight excluding hydrogens is 372 g/mol. The summed E-state index contributed by atoms with van der Waals surface area (Å²) in [6.45, 7) is 10.9. The molecule has 4 saturated carbocycles. The van der Waals surface area contributed by atoms with Crippen molar-refractivity contribution < 1.29 is 9.53 Å². The van der Waals surface area contributed by atoms with E-state index in [9.17, 15) is 4.79 Å². The number of Topliss-reactive ketones (excluding diaryl/α,β-unsaturated/α-hetero) is 1. The minimum Gasteiger partial charge on any atom is -0.388 e. The zero-order chi connectivity index (χ0) is 21.5. The molecule has 0 aromatic heterocycles. The third-order valence-electron chi connectivity index (χ3n) is 10.1. The lowest BCUT2D eigenvalue weighted by atomic mass is 9.44. The fourth-order valence-corrected chi connectivity index (χ4v) is 8.68. The number of ether oxygens (including phenoxy) is 1. The van der Waals surface area contributed by atoms with E-state index < -0.39 is 0 Å². The van der Waals surface area contributed by atoms with Crippen LogP contribution in [-0.2, 0) is 9.53 Å². The second kappa shape index (κ2) is 8.56. The summed E-state index contributed by atoms with van der Waals surface area (Å²) in [5.74, 6) is 5.03. The van der Waals surface area contributed by atoms with E-state index in [1.54, 1.807) is 6.92 Å². The van der Waals surface area contributed by atoms with Crippen LogP contribution in [0.4, 0.5) is 0 Å². The maximum atomic E-state index is 13.1. The number of aliphatic imine (C=N–C) groups is 1. The van der Waals surface area contributed by atoms with E-state index in [2.05, 4.69) is 25.8 Å². The van der Waals surface area contributed by atoms with Crippen LogP contribution in [0.15, 0.2) is 4.99 Å². The van der Waals surface area contributed by atoms with Crippen LogP contribution in [0.5, 0.6) is 0 Å². The molecule has 4 aliphatic rings. The molecule has 4 nitrogen and oxygen atoms in total. The summed E-state index contributed by atoms with van der Waals surface area (Å²) >= 11 is 0. The Kier molecular flexibility index (Phi) is 6.36. The lowest BCUT2D eigenvalue weighted by molar-refractivity contribution is -0.157. The summed E-state index contributed by atoms with van der Waals surface area (Å²) in [6, 6.07) is 0. The van der Waals surface area contributed by atoms with Gasteiger partial charge in [0.2, 0.25) is 0 Å². The van der Waals surface area contributed by atoms with Crippen LogP contribution in [0.1, 0.15) is 85.5 Å². The van der Waals surface area contributed by atoms with Crippen molar-refractivity contribution in [1.82, 2.24) is 0 Å². The fraction of sp³-hybridized carbons (Fsp3) is 0.923. The second-order valence-electron chi connectivity index (χ2n) is 11.5. The van der Waals surface area contributed by atoms with Gasteiger partial charge in [0.25, 0.3) is 0 Å². The standard InChI is InChI=1S/C26H44N2O2/c1-5-30-16-26-13-10-17(2)14-19(26)6-7-20-21-8-9-23(24(29)15-28-18(3)27)25(21,4)12-11-22(20)26/h17,19-23H,5-16H2,1-4H3,(H2,27,28). The van der Waals surface area contributed by atoms with Crippen LogP contribution in [0.2, 0.25) is 0 Å². The van der Waals surface area contributed by atoms with Gasteiger partial charge >= 0.3 is 0 Å². The molecule has 30 heavy (non-hydrogen) atoms. The Morgan fingerprint density at radius 2 is 1.90 bits per heavy atom. The third-order valence-corrected chi connectivity index (χ3v) is 10.1. The van der Waals surface area contributed by atoms with Crippen molar-refractivity contribution in [2.24, 2.45) is 57.1 Å². The molecule has 0 aromatic rings. The van der Waals surface area contributed by atoms with Crippen molar-refractivity contribution in [2.45, 2.75) is 85.5 Å². The molecule has 0 heterocycles. The van der Waals surface area contributed by atoms with Crippen LogP contribution in [0.25, 0.3) is 0 Å². The van der Waals surface area contributed by atoms with E-state index in [1.165, 1.54) is 51.4 Å². The van der Waals surface area contributed by atoms with Crippen molar-refractivity contribution in [3.05, 3.63) is 0 Å². The molecule has 4 fully saturated rings. The van der Waals surface area contributed by atoms with Crippen molar-refractivity contribution in [1.29, 1.82) is 0 Å². The molecule has 8 atom stereocenters. The van der Waals surface area contributed by atoms with Crippen LogP contribution in [0, 0.1) is 46.3 Å². The van der Waals surface area contributed by atoms with Gasteiger partial charge in [0.05, 0.1) is 19.0 Å². The Bertz CT molecular complexity index is 668. The Hall–Kier alpha value is -0.900. The quantitative estimate of drug-likeness (QED) is 0.475. The van der Waals surface area contributed by atoms with Gasteiger partial charge < -0.3 is 10.5 Å². The largest absolute Gasteiger partial charge is 0.388 e. The topological polar surface area (TPSA) is 64.7 Å². The zero-order valence-electron chi connectivity index (χ0n) is 19.8. The first-order valence-electron chi connectivity index (χ1n) is 12.7. The monoisotopic (exact) mass is 416 g/mol. The molecule has 0 saturated heterocycles. The average molecular weight is 417 g/mol. The molecule has 2 N–H and O–H groups in total. The Morgan fingerprint density at radius 1 is 1.10 bits per heavy atom. The number of ketones is 1. The van der Waals surface area contributed by atoms with Crippen LogP contribution >= 0.6 is 0 Å². The zero-order valence-corrected chi connectivity index (χ0v) is 19.8. The highest BCUT2D eigenvalue weighted by molar-refractivity contribution is 5.87. The first-order valence-corrected chi connectivity index (χ1v) is 12.7. The van der Waals surface area contributed by atoms with Gasteiger partial charge in [-0.1, -0.05) is 20.3 Å². The number of amidine groups is 1. The first-order chi connectivity index (χ1) is 14.3. The molecule has 4 heteroatoms. The molecule has 0 spiro atoms. The van der Waals surface area contributed by atoms with Crippen molar-refractivity contribution >= 4 is 11.6 Å². The SMILES string of the molecule is CCOCC12CCC(C)CC1CCC1C3CCC(C(=O)CN=C(C)N)C3(C)CCC12. The minimum absolute atomic E-state index is 0.165. The van der Waals surface area contributed by atoms with E-state index in [4.69, 9.17) is 10.5 Å². The molecule has 8 unspecified atom stereocenters. The van der Waals surface area contributed by atoms with Gasteiger partial charge in [0.1, 0.15) is 0 Å². The molecule has 0 bridgehead atoms. The van der Waals surface area contributed by atoms with Gasteiger partial charge in [0, 0.05) is 12.5 Å². The molecule has 0 aromatic carbocycles. The summed E-state index contributed by atoms with van der Waals surface area (Å²) in [5, 5.41) is 0. The Morgan fingerprint density at radius 3 is 2.63 bits per heavy atom. The Labute approximate surface area is 183 Å². The van der Waals surface area contributed by atoms with E-state index in [1.807, 2.05) is 0 Å². The third kappa shape index (κ3) is 3.65. The van der Waals surface area contributed by atoms with Crippen LogP contribution in [-0.4, -0.2) is 31.4 Å². The normalized spacial score (nSPS) is 46.1. The number of fused-ring (bicyclic) bond motifs is 5. The second-order valence-corrected chi connectivity index (χ2v) is 11.5. The van der Waals surface area contributed by atoms with Gasteiger partial charge in [-0.2, -0.15) is 0 Å². The molecule has 170 valence electrons. The minimum atomic E-state index is 0.165. The van der Waals surface area contributed by atoms with Gasteiger partial charge in [-0.25, -0.2) is 0 Å². The van der Waals surface area contributed by atoms with E-state index in [-0.39, 0.29) is 17.9 Å². The molecular formula is C26H44N2O2. The number of hydrogen-bond acceptors (Lipinski definition) is 3. The van der Waals surface area contributed by atoms with Gasteiger partial charge in [-0.05, 0) is 106 Å². The van der Waals surface area contributed by atoms with Crippen molar-refractivity contribution in [2.75, 3.05) is 19.8 Å². The summed E-state index contributed by atoms with van der Waals surface area (Å²) in [5.41, 5.74) is 6.27. The maximum absolute atomic E-state index is 13.1. The predicted molar refractivity (Wildman–Crippen MR) is 122 cm³/mol. The summed E-state index contributed by atoms with van der Waals surface area (Å²) in [7, 11) is 0. The van der Waals surface area contributed by atoms with E-state index in [0.29, 0.717) is 23.0 Å². The molecule has 0 aliphatic heterocycles. The van der Waals surface area contributed by atoms with Crippen molar-refractivity contribution in [3.63, 3.8) is 0 Å². The lowest BCUT2D eigenvalue weighted by Gasteiger charge is -2.62. The lowest BCUT2D eigenvalue weighted by Crippen LogP contribution is -2.56. The van der Waals surface area contributed by atoms with E-state index in [0.717, 1.165) is 43.3 Å². The number of hydrogen-bond donors (Lipinski definition) is 1. The number of nitrogens with two attached hydrogens (primary N) is 1. The van der Waals surface area contributed by atoms with Crippen molar-refractivity contribution in [3.8, 4) is 0 Å². The summed E-state index contributed by atoms with van der Waals surface area (Å²) in [4.78, 5) is 17.3. The molecule has 4 aliphatic carbocycles. The Balaban J connectivity index is 1.57. The smallest absolute Gasteiger partial charge is 0.157 e. The van der Waals surface area contributed by atoms with Gasteiger partial charge in [0.15, 0.2) is 5.78 Å². The first kappa shape index (κ1) is 22.3. The highest BCUT2D eigenvalue weighted by Crippen LogP contribution is 2.68. The maximum Gasteiger partial charge on any atom is 0.157 e. The highest BCUT2D eigenvalue weighted by atomic mass is 16.5. The number of carbonyl (C=O) groups excluding carboxylic acids is 1. The molecule has 0 amide bonds. The van der Waals surface area contributed by atoms with Gasteiger partial charge in [-0.3, -0.25) is 9.79 Å². The average Bonchev–Trinajstić information content (AvgIpc) is 3.07. The predicted octanol–water partition coefficient (Wildman–Crippen LogP) is 5.24. The molecule has 0 radical (unpaired) electrons. The number of carbonyl (C=O) groups is 1. The summed E-state index contributed by atoms with van der Waals surface area (Å²) < 4.78 is 6.19. The van der Waals surface area contributed by atoms with E-state index >= 15 is 0 Å². The van der Waals surface area contributed by atoms with Crippen LogP contribution < -0.4 is 5.73 Å². The number of rotatable bonds is 6. The highest BCUT2D eigenvalue weighted by Gasteiger charge is 2.62. The summed E-state index contributed by atoms with van der Waals surface area (Å²) in [6.07, 6.45) is 11.7. The van der Waals surface area contributed by atoms with Crippen LogP contribution in [0.3, 0.4) is 0 Å². The fourth-order valence-electron chi connectivity index (χ4n) is 8.68.